The van der Waals surface area contributed by atoms with E-state index in [4.69, 9.17) is 5.26 Å². The lowest BCUT2D eigenvalue weighted by atomic mass is 10.1. The van der Waals surface area contributed by atoms with Crippen LogP contribution in [0.15, 0.2) is 48.5 Å². The topological polar surface area (TPSA) is 39.1 Å². The summed E-state index contributed by atoms with van der Waals surface area (Å²) in [5.41, 5.74) is 4.02. The summed E-state index contributed by atoms with van der Waals surface area (Å²) in [6.07, 6.45) is 0. The summed E-state index contributed by atoms with van der Waals surface area (Å²) in [5, 5.41) is 12.4. The van der Waals surface area contributed by atoms with Gasteiger partial charge in [-0.3, -0.25) is 0 Å². The predicted molar refractivity (Wildman–Crippen MR) is 73.1 cm³/mol. The van der Waals surface area contributed by atoms with Gasteiger partial charge in [-0.2, -0.15) is 5.26 Å². The van der Waals surface area contributed by atoms with Crippen LogP contribution in [0.1, 0.15) is 5.56 Å². The molecule has 0 amide bonds. The molecule has 0 spiro atoms. The van der Waals surface area contributed by atoms with Crippen LogP contribution in [0.3, 0.4) is 0 Å². The molecule has 3 nitrogen and oxygen atoms in total. The van der Waals surface area contributed by atoms with Crippen molar-refractivity contribution in [2.75, 3.05) is 23.3 Å². The molecule has 2 aromatic carbocycles. The molecule has 0 radical (unpaired) electrons. The summed E-state index contributed by atoms with van der Waals surface area (Å²) in [5.74, 6) is 0. The molecule has 1 N–H and O–H groups in total. The van der Waals surface area contributed by atoms with Crippen molar-refractivity contribution in [2.45, 2.75) is 0 Å². The Morgan fingerprint density at radius 3 is 2.72 bits per heavy atom. The lowest BCUT2D eigenvalue weighted by Crippen LogP contribution is -2.30. The van der Waals surface area contributed by atoms with Crippen molar-refractivity contribution in [2.24, 2.45) is 0 Å². The Bertz CT molecular complexity index is 599. The summed E-state index contributed by atoms with van der Waals surface area (Å²) >= 11 is 0. The SMILES string of the molecule is N#Cc1ccc2c(c1)N(c1ccccc1)CCN2. The summed E-state index contributed by atoms with van der Waals surface area (Å²) in [6, 6.07) is 18.2. The van der Waals surface area contributed by atoms with Crippen molar-refractivity contribution in [3.63, 3.8) is 0 Å². The largest absolute Gasteiger partial charge is 0.382 e. The van der Waals surface area contributed by atoms with Crippen LogP contribution >= 0.6 is 0 Å². The minimum Gasteiger partial charge on any atom is -0.382 e. The van der Waals surface area contributed by atoms with E-state index in [2.05, 4.69) is 28.4 Å². The number of nitrogens with one attached hydrogen (secondary N) is 1. The number of anilines is 3. The number of hydrogen-bond donors (Lipinski definition) is 1. The van der Waals surface area contributed by atoms with Crippen LogP contribution in [0.25, 0.3) is 0 Å². The first kappa shape index (κ1) is 10.7. The lowest BCUT2D eigenvalue weighted by Gasteiger charge is -2.32. The van der Waals surface area contributed by atoms with Crippen molar-refractivity contribution >= 4 is 17.1 Å². The highest BCUT2D eigenvalue weighted by Crippen LogP contribution is 2.35. The minimum absolute atomic E-state index is 0.693. The molecule has 88 valence electrons. The smallest absolute Gasteiger partial charge is 0.0992 e. The van der Waals surface area contributed by atoms with Gasteiger partial charge >= 0.3 is 0 Å². The highest BCUT2D eigenvalue weighted by molar-refractivity contribution is 5.79. The van der Waals surface area contributed by atoms with Crippen LogP contribution < -0.4 is 10.2 Å². The van der Waals surface area contributed by atoms with E-state index in [1.165, 1.54) is 0 Å². The number of nitriles is 1. The maximum Gasteiger partial charge on any atom is 0.0992 e. The molecule has 0 fully saturated rings. The Kier molecular flexibility index (Phi) is 2.62. The molecule has 2 aromatic rings. The third-order valence-electron chi connectivity index (χ3n) is 3.14. The van der Waals surface area contributed by atoms with Gasteiger partial charge < -0.3 is 10.2 Å². The number of benzene rings is 2. The van der Waals surface area contributed by atoms with Gasteiger partial charge in [0.2, 0.25) is 0 Å². The van der Waals surface area contributed by atoms with E-state index in [-0.39, 0.29) is 0 Å². The van der Waals surface area contributed by atoms with Crippen LogP contribution in [0, 0.1) is 11.3 Å². The van der Waals surface area contributed by atoms with E-state index in [1.54, 1.807) is 0 Å². The van der Waals surface area contributed by atoms with Crippen LogP contribution in [-0.2, 0) is 0 Å². The van der Waals surface area contributed by atoms with Gasteiger partial charge in [-0.1, -0.05) is 18.2 Å². The summed E-state index contributed by atoms with van der Waals surface area (Å²) in [6.45, 7) is 1.82. The molecule has 1 heterocycles. The molecular formula is C15H13N3. The molecule has 1 aliphatic rings. The molecule has 0 atom stereocenters. The van der Waals surface area contributed by atoms with Crippen LogP contribution in [0.2, 0.25) is 0 Å². The van der Waals surface area contributed by atoms with Crippen LogP contribution in [-0.4, -0.2) is 13.1 Å². The molecule has 3 rings (SSSR count). The normalized spacial score (nSPS) is 13.4. The van der Waals surface area contributed by atoms with Gasteiger partial charge in [0.05, 0.1) is 23.0 Å². The second-order valence-electron chi connectivity index (χ2n) is 4.26. The Labute approximate surface area is 106 Å². The third-order valence-corrected chi connectivity index (χ3v) is 3.14. The first-order chi connectivity index (χ1) is 8.88. The van der Waals surface area contributed by atoms with E-state index >= 15 is 0 Å². The number of fused-ring (bicyclic) bond motifs is 1. The Morgan fingerprint density at radius 2 is 1.94 bits per heavy atom. The second kappa shape index (κ2) is 4.42. The summed E-state index contributed by atoms with van der Waals surface area (Å²) in [4.78, 5) is 2.24. The maximum atomic E-state index is 9.01. The zero-order chi connectivity index (χ0) is 12.4. The molecular weight excluding hydrogens is 222 g/mol. The molecule has 0 bridgehead atoms. The maximum absolute atomic E-state index is 9.01. The molecule has 3 heteroatoms. The highest BCUT2D eigenvalue weighted by Gasteiger charge is 2.17. The minimum atomic E-state index is 0.693. The van der Waals surface area contributed by atoms with E-state index in [1.807, 2.05) is 36.4 Å². The average Bonchev–Trinajstić information content (AvgIpc) is 2.47. The number of nitrogens with zero attached hydrogens (tertiary/aromatic N) is 2. The molecule has 0 unspecified atom stereocenters. The van der Waals surface area contributed by atoms with E-state index in [9.17, 15) is 0 Å². The summed E-state index contributed by atoms with van der Waals surface area (Å²) in [7, 11) is 0. The molecule has 0 aliphatic carbocycles. The molecule has 0 aromatic heterocycles. The molecule has 0 saturated carbocycles. The number of para-hydroxylation sites is 1. The third kappa shape index (κ3) is 1.78. The van der Waals surface area contributed by atoms with Gasteiger partial charge in [0.15, 0.2) is 0 Å². The fourth-order valence-electron chi connectivity index (χ4n) is 2.27. The monoisotopic (exact) mass is 235 g/mol. The van der Waals surface area contributed by atoms with Crippen molar-refractivity contribution in [1.82, 2.24) is 0 Å². The Hall–Kier alpha value is -2.47. The van der Waals surface area contributed by atoms with Gasteiger partial charge in [0.1, 0.15) is 0 Å². The highest BCUT2D eigenvalue weighted by atomic mass is 15.2. The number of rotatable bonds is 1. The predicted octanol–water partition coefficient (Wildman–Crippen LogP) is 3.12. The van der Waals surface area contributed by atoms with Crippen molar-refractivity contribution < 1.29 is 0 Å². The van der Waals surface area contributed by atoms with E-state index < -0.39 is 0 Å². The van der Waals surface area contributed by atoms with Crippen LogP contribution in [0.5, 0.6) is 0 Å². The second-order valence-corrected chi connectivity index (χ2v) is 4.26. The van der Waals surface area contributed by atoms with Crippen molar-refractivity contribution in [3.8, 4) is 6.07 Å². The quantitative estimate of drug-likeness (QED) is 0.825. The van der Waals surface area contributed by atoms with Crippen molar-refractivity contribution in [3.05, 3.63) is 54.1 Å². The van der Waals surface area contributed by atoms with Gasteiger partial charge in [0, 0.05) is 18.8 Å². The first-order valence-corrected chi connectivity index (χ1v) is 5.99. The Balaban J connectivity index is 2.09. The van der Waals surface area contributed by atoms with Gasteiger partial charge in [-0.15, -0.1) is 0 Å². The van der Waals surface area contributed by atoms with E-state index in [0.29, 0.717) is 5.56 Å². The average molecular weight is 235 g/mol. The number of hydrogen-bond acceptors (Lipinski definition) is 3. The Morgan fingerprint density at radius 1 is 1.11 bits per heavy atom. The van der Waals surface area contributed by atoms with E-state index in [0.717, 1.165) is 30.2 Å². The molecule has 1 aliphatic heterocycles. The molecule has 0 saturated heterocycles. The van der Waals surface area contributed by atoms with Gasteiger partial charge in [-0.05, 0) is 30.3 Å². The fourth-order valence-corrected chi connectivity index (χ4v) is 2.27. The molecule has 18 heavy (non-hydrogen) atoms. The van der Waals surface area contributed by atoms with Gasteiger partial charge in [-0.25, -0.2) is 0 Å². The first-order valence-electron chi connectivity index (χ1n) is 5.99. The lowest BCUT2D eigenvalue weighted by molar-refractivity contribution is 0.926. The van der Waals surface area contributed by atoms with Crippen LogP contribution in [0.4, 0.5) is 17.1 Å². The standard InChI is InChI=1S/C15H13N3/c16-11-12-6-7-14-15(10-12)18(9-8-17-14)13-4-2-1-3-5-13/h1-7,10,17H,8-9H2. The summed E-state index contributed by atoms with van der Waals surface area (Å²) < 4.78 is 0. The zero-order valence-corrected chi connectivity index (χ0v) is 9.93. The fraction of sp³-hybridized carbons (Fsp3) is 0.133. The zero-order valence-electron chi connectivity index (χ0n) is 9.93. The van der Waals surface area contributed by atoms with Gasteiger partial charge in [0.25, 0.3) is 0 Å². The van der Waals surface area contributed by atoms with Crippen molar-refractivity contribution in [1.29, 1.82) is 5.26 Å².